The highest BCUT2D eigenvalue weighted by atomic mass is 32.1. The number of nitrogens with zero attached hydrogens (tertiary/aromatic N) is 5. The summed E-state index contributed by atoms with van der Waals surface area (Å²) in [5.41, 5.74) is 0. The van der Waals surface area contributed by atoms with Crippen molar-refractivity contribution in [2.45, 2.75) is 12.8 Å². The maximum absolute atomic E-state index is 12.4. The van der Waals surface area contributed by atoms with Crippen LogP contribution in [0.4, 0.5) is 11.6 Å². The Labute approximate surface area is 145 Å². The van der Waals surface area contributed by atoms with Crippen LogP contribution in [0.5, 0.6) is 0 Å². The van der Waals surface area contributed by atoms with Crippen LogP contribution in [0.3, 0.4) is 0 Å². The normalized spacial score (nSPS) is 18.2. The highest BCUT2D eigenvalue weighted by Crippen LogP contribution is 2.22. The van der Waals surface area contributed by atoms with Crippen LogP contribution in [0.25, 0.3) is 0 Å². The number of aromatic nitrogens is 2. The van der Waals surface area contributed by atoms with Gasteiger partial charge in [-0.05, 0) is 24.3 Å². The molecule has 6 nitrogen and oxygen atoms in total. The molecule has 2 aromatic heterocycles. The van der Waals surface area contributed by atoms with Crippen molar-refractivity contribution in [1.29, 1.82) is 0 Å². The Hall–Kier alpha value is -2.15. The van der Waals surface area contributed by atoms with Crippen molar-refractivity contribution in [2.24, 2.45) is 0 Å². The van der Waals surface area contributed by atoms with E-state index in [2.05, 4.69) is 25.8 Å². The van der Waals surface area contributed by atoms with Gasteiger partial charge in [-0.25, -0.2) is 9.97 Å². The quantitative estimate of drug-likeness (QED) is 0.854. The van der Waals surface area contributed by atoms with Crippen LogP contribution in [0.1, 0.15) is 22.5 Å². The van der Waals surface area contributed by atoms with Crippen LogP contribution in [0, 0.1) is 0 Å². The van der Waals surface area contributed by atoms with Crippen LogP contribution >= 0.6 is 11.3 Å². The molecule has 0 aromatic carbocycles. The van der Waals surface area contributed by atoms with Crippen molar-refractivity contribution in [2.75, 3.05) is 49.1 Å². The van der Waals surface area contributed by atoms with Gasteiger partial charge in [0.25, 0.3) is 5.91 Å². The maximum atomic E-state index is 12.4. The van der Waals surface area contributed by atoms with Crippen molar-refractivity contribution < 1.29 is 4.79 Å². The third kappa shape index (κ3) is 3.08. The predicted octanol–water partition coefficient (Wildman–Crippen LogP) is 2.10. The van der Waals surface area contributed by atoms with E-state index in [9.17, 15) is 4.79 Å². The van der Waals surface area contributed by atoms with E-state index in [0.29, 0.717) is 0 Å². The van der Waals surface area contributed by atoms with Crippen LogP contribution in [0.2, 0.25) is 0 Å². The third-order valence-electron chi connectivity index (χ3n) is 4.69. The molecular formula is C17H21N5OS. The van der Waals surface area contributed by atoms with E-state index in [4.69, 9.17) is 0 Å². The molecule has 0 radical (unpaired) electrons. The van der Waals surface area contributed by atoms with Gasteiger partial charge in [0.05, 0.1) is 4.88 Å². The summed E-state index contributed by atoms with van der Waals surface area (Å²) in [7, 11) is 0. The van der Waals surface area contributed by atoms with Gasteiger partial charge in [-0.1, -0.05) is 6.07 Å². The van der Waals surface area contributed by atoms with Crippen molar-refractivity contribution in [3.05, 3.63) is 34.8 Å². The second-order valence-electron chi connectivity index (χ2n) is 6.19. The van der Waals surface area contributed by atoms with Gasteiger partial charge in [0.15, 0.2) is 0 Å². The summed E-state index contributed by atoms with van der Waals surface area (Å²) in [6.07, 6.45) is 4.14. The molecule has 0 spiro atoms. The molecule has 126 valence electrons. The molecule has 0 atom stereocenters. The van der Waals surface area contributed by atoms with Crippen LogP contribution in [0.15, 0.2) is 29.9 Å². The average Bonchev–Trinajstić information content (AvgIpc) is 3.35. The van der Waals surface area contributed by atoms with Gasteiger partial charge >= 0.3 is 0 Å². The zero-order valence-electron chi connectivity index (χ0n) is 13.6. The molecule has 2 saturated heterocycles. The zero-order chi connectivity index (χ0) is 16.4. The van der Waals surface area contributed by atoms with Gasteiger partial charge in [0, 0.05) is 45.3 Å². The standard InChI is InChI=1S/C17H21N5OS/c23-17(14-4-3-11-24-14)22-9-7-21(8-10-22)16-12-15(18-13-19-16)20-5-1-2-6-20/h3-4,11-13H,1-2,5-10H2. The zero-order valence-corrected chi connectivity index (χ0v) is 14.4. The highest BCUT2D eigenvalue weighted by molar-refractivity contribution is 7.12. The average molecular weight is 343 g/mol. The lowest BCUT2D eigenvalue weighted by Crippen LogP contribution is -2.49. The Morgan fingerprint density at radius 3 is 2.25 bits per heavy atom. The summed E-state index contributed by atoms with van der Waals surface area (Å²) in [5, 5.41) is 1.95. The minimum atomic E-state index is 0.144. The van der Waals surface area contributed by atoms with E-state index in [0.717, 1.165) is 55.8 Å². The Kier molecular flexibility index (Phi) is 4.34. The van der Waals surface area contributed by atoms with Crippen molar-refractivity contribution in [3.8, 4) is 0 Å². The molecule has 0 saturated carbocycles. The minimum absolute atomic E-state index is 0.144. The Balaban J connectivity index is 1.40. The Morgan fingerprint density at radius 1 is 0.958 bits per heavy atom. The van der Waals surface area contributed by atoms with E-state index in [1.807, 2.05) is 22.4 Å². The number of carbonyl (C=O) groups excluding carboxylic acids is 1. The number of rotatable bonds is 3. The van der Waals surface area contributed by atoms with Crippen LogP contribution in [-0.4, -0.2) is 60.0 Å². The molecule has 2 aromatic rings. The minimum Gasteiger partial charge on any atom is -0.356 e. The molecule has 0 bridgehead atoms. The molecule has 24 heavy (non-hydrogen) atoms. The van der Waals surface area contributed by atoms with Gasteiger partial charge in [-0.3, -0.25) is 4.79 Å². The number of piperazine rings is 1. The SMILES string of the molecule is O=C(c1cccs1)N1CCN(c2cc(N3CCCC3)ncn2)CC1. The monoisotopic (exact) mass is 343 g/mol. The van der Waals surface area contributed by atoms with Gasteiger partial charge in [-0.15, -0.1) is 11.3 Å². The maximum Gasteiger partial charge on any atom is 0.264 e. The first-order valence-electron chi connectivity index (χ1n) is 8.46. The third-order valence-corrected chi connectivity index (χ3v) is 5.55. The molecule has 2 fully saturated rings. The van der Waals surface area contributed by atoms with Gasteiger partial charge < -0.3 is 14.7 Å². The summed E-state index contributed by atoms with van der Waals surface area (Å²) in [4.78, 5) is 28.6. The second-order valence-corrected chi connectivity index (χ2v) is 7.13. The first-order valence-corrected chi connectivity index (χ1v) is 9.34. The van der Waals surface area contributed by atoms with E-state index in [1.54, 1.807) is 6.33 Å². The summed E-state index contributed by atoms with van der Waals surface area (Å²) in [5.74, 6) is 2.13. The Bertz CT molecular complexity index is 691. The molecule has 4 heterocycles. The topological polar surface area (TPSA) is 52.6 Å². The van der Waals surface area contributed by atoms with Crippen molar-refractivity contribution in [3.63, 3.8) is 0 Å². The lowest BCUT2D eigenvalue weighted by molar-refractivity contribution is 0.0751. The van der Waals surface area contributed by atoms with Crippen molar-refractivity contribution >= 4 is 28.9 Å². The molecule has 4 rings (SSSR count). The molecule has 0 unspecified atom stereocenters. The summed E-state index contributed by atoms with van der Waals surface area (Å²) in [6, 6.07) is 5.91. The number of thiophene rings is 1. The second kappa shape index (κ2) is 6.76. The summed E-state index contributed by atoms with van der Waals surface area (Å²) < 4.78 is 0. The molecule has 2 aliphatic heterocycles. The van der Waals surface area contributed by atoms with Crippen LogP contribution in [-0.2, 0) is 0 Å². The fraction of sp³-hybridized carbons (Fsp3) is 0.471. The molecular weight excluding hydrogens is 322 g/mol. The fourth-order valence-electron chi connectivity index (χ4n) is 3.32. The lowest BCUT2D eigenvalue weighted by atomic mass is 10.3. The summed E-state index contributed by atoms with van der Waals surface area (Å²) >= 11 is 1.51. The van der Waals surface area contributed by atoms with Gasteiger partial charge in [-0.2, -0.15) is 0 Å². The van der Waals surface area contributed by atoms with E-state index in [1.165, 1.54) is 24.2 Å². The van der Waals surface area contributed by atoms with Crippen LogP contribution < -0.4 is 9.80 Å². The molecule has 1 amide bonds. The molecule has 7 heteroatoms. The number of hydrogen-bond acceptors (Lipinski definition) is 6. The largest absolute Gasteiger partial charge is 0.356 e. The van der Waals surface area contributed by atoms with Gasteiger partial charge in [0.1, 0.15) is 18.0 Å². The molecule has 0 N–H and O–H groups in total. The fourth-order valence-corrected chi connectivity index (χ4v) is 4.01. The van der Waals surface area contributed by atoms with E-state index in [-0.39, 0.29) is 5.91 Å². The number of hydrogen-bond donors (Lipinski definition) is 0. The van der Waals surface area contributed by atoms with Gasteiger partial charge in [0.2, 0.25) is 0 Å². The first-order chi connectivity index (χ1) is 11.8. The van der Waals surface area contributed by atoms with Crippen molar-refractivity contribution in [1.82, 2.24) is 14.9 Å². The Morgan fingerprint density at radius 2 is 1.62 bits per heavy atom. The van der Waals surface area contributed by atoms with E-state index >= 15 is 0 Å². The lowest BCUT2D eigenvalue weighted by Gasteiger charge is -2.35. The number of amides is 1. The molecule has 0 aliphatic carbocycles. The predicted molar refractivity (Wildman–Crippen MR) is 95.9 cm³/mol. The van der Waals surface area contributed by atoms with E-state index < -0.39 is 0 Å². The smallest absolute Gasteiger partial charge is 0.264 e. The molecule has 2 aliphatic rings. The highest BCUT2D eigenvalue weighted by Gasteiger charge is 2.24. The number of carbonyl (C=O) groups is 1. The first kappa shape index (κ1) is 15.4. The number of anilines is 2. The summed E-state index contributed by atoms with van der Waals surface area (Å²) in [6.45, 7) is 5.26.